The van der Waals surface area contributed by atoms with Crippen molar-refractivity contribution >= 4 is 44.1 Å². The van der Waals surface area contributed by atoms with Crippen LogP contribution in [0, 0.1) is 0 Å². The normalized spacial score (nSPS) is 22.2. The minimum absolute atomic E-state index is 0.0174. The van der Waals surface area contributed by atoms with Gasteiger partial charge < -0.3 is 10.1 Å². The molecule has 12 heteroatoms. The van der Waals surface area contributed by atoms with Gasteiger partial charge in [-0.3, -0.25) is 19.5 Å². The average Bonchev–Trinajstić information content (AvgIpc) is 3.58. The Labute approximate surface area is 202 Å². The Morgan fingerprint density at radius 2 is 2.18 bits per heavy atom. The molecule has 2 aromatic rings. The molecule has 3 aliphatic rings. The molecule has 0 bridgehead atoms. The van der Waals surface area contributed by atoms with E-state index in [0.717, 1.165) is 29.4 Å². The quantitative estimate of drug-likeness (QED) is 0.585. The van der Waals surface area contributed by atoms with Gasteiger partial charge in [0, 0.05) is 50.5 Å². The van der Waals surface area contributed by atoms with Crippen LogP contribution < -0.4 is 19.8 Å². The van der Waals surface area contributed by atoms with Crippen LogP contribution in [0.25, 0.3) is 0 Å². The second-order valence-electron chi connectivity index (χ2n) is 8.37. The minimum atomic E-state index is -3.85. The van der Waals surface area contributed by atoms with E-state index in [2.05, 4.69) is 15.7 Å². The van der Waals surface area contributed by atoms with E-state index in [0.29, 0.717) is 30.8 Å². The fourth-order valence-corrected chi connectivity index (χ4v) is 6.68. The monoisotopic (exact) mass is 502 g/mol. The third-order valence-electron chi connectivity index (χ3n) is 6.10. The number of amides is 1. The summed E-state index contributed by atoms with van der Waals surface area (Å²) in [6.45, 7) is 2.15. The van der Waals surface area contributed by atoms with Gasteiger partial charge in [0.25, 0.3) is 10.0 Å². The molecule has 0 saturated carbocycles. The van der Waals surface area contributed by atoms with Crippen LogP contribution in [0.5, 0.6) is 5.75 Å². The number of carbonyl (C=O) groups excluding carboxylic acids is 1. The van der Waals surface area contributed by atoms with Crippen LogP contribution in [0.2, 0.25) is 0 Å². The maximum atomic E-state index is 13.2. The summed E-state index contributed by atoms with van der Waals surface area (Å²) in [6.07, 6.45) is 2.67. The number of pyridine rings is 1. The van der Waals surface area contributed by atoms with Gasteiger partial charge in [-0.15, -0.1) is 11.8 Å². The first kappa shape index (κ1) is 22.9. The van der Waals surface area contributed by atoms with Crippen LogP contribution in [0.3, 0.4) is 0 Å². The van der Waals surface area contributed by atoms with Crippen molar-refractivity contribution in [3.05, 3.63) is 42.1 Å². The Balaban J connectivity index is 1.35. The molecular weight excluding hydrogens is 476 g/mol. The highest BCUT2D eigenvalue weighted by atomic mass is 32.2. The number of hydrogen-bond acceptors (Lipinski definition) is 9. The predicted octanol–water partition coefficient (Wildman–Crippen LogP) is 1.50. The first-order valence-electron chi connectivity index (χ1n) is 11.0. The summed E-state index contributed by atoms with van der Waals surface area (Å²) in [5.41, 5.74) is 5.10. The standard InChI is InChI=1S/C22H26N6O4S2/c1-27(34(30,31)20-5-3-4-7-23-20)18-11-15(32-2)9-14-10-17(25-21(14)18)22-24-12-16(33-22)13-28-8-6-19(29)26-28/h3-5,7,9,11,16-17,25H,6,8,10,12-13H2,1-2H3,(H,26,29). The zero-order valence-electron chi connectivity index (χ0n) is 18.9. The van der Waals surface area contributed by atoms with Gasteiger partial charge in [0.1, 0.15) is 5.75 Å². The molecule has 2 atom stereocenters. The molecule has 5 rings (SSSR count). The summed E-state index contributed by atoms with van der Waals surface area (Å²) in [5, 5.41) is 6.70. The van der Waals surface area contributed by atoms with Gasteiger partial charge >= 0.3 is 0 Å². The van der Waals surface area contributed by atoms with E-state index in [4.69, 9.17) is 9.73 Å². The van der Waals surface area contributed by atoms with Gasteiger partial charge in [0.15, 0.2) is 5.03 Å². The number of hydrogen-bond donors (Lipinski definition) is 2. The van der Waals surface area contributed by atoms with Gasteiger partial charge in [-0.2, -0.15) is 8.42 Å². The number of nitrogens with one attached hydrogen (secondary N) is 2. The predicted molar refractivity (Wildman–Crippen MR) is 132 cm³/mol. The number of sulfonamides is 1. The van der Waals surface area contributed by atoms with E-state index in [1.807, 2.05) is 11.1 Å². The first-order chi connectivity index (χ1) is 16.3. The lowest BCUT2D eigenvalue weighted by molar-refractivity contribution is -0.121. The Kier molecular flexibility index (Phi) is 6.13. The van der Waals surface area contributed by atoms with Crippen molar-refractivity contribution in [1.82, 2.24) is 15.4 Å². The smallest absolute Gasteiger partial charge is 0.281 e. The second kappa shape index (κ2) is 9.08. The lowest BCUT2D eigenvalue weighted by Crippen LogP contribution is -2.38. The Hall–Kier alpha value is -2.83. The molecule has 0 aliphatic carbocycles. The Morgan fingerprint density at radius 1 is 1.32 bits per heavy atom. The number of methoxy groups -OCH3 is 1. The summed E-state index contributed by atoms with van der Waals surface area (Å²) in [7, 11) is -0.760. The molecule has 1 aromatic heterocycles. The fourth-order valence-electron chi connectivity index (χ4n) is 4.35. The maximum absolute atomic E-state index is 13.2. The van der Waals surface area contributed by atoms with Crippen molar-refractivity contribution in [2.75, 3.05) is 43.4 Å². The molecule has 2 N–H and O–H groups in total. The molecule has 3 aliphatic heterocycles. The molecule has 1 saturated heterocycles. The lowest BCUT2D eigenvalue weighted by Gasteiger charge is -2.23. The van der Waals surface area contributed by atoms with Crippen molar-refractivity contribution in [1.29, 1.82) is 0 Å². The number of ether oxygens (including phenoxy) is 1. The molecule has 180 valence electrons. The van der Waals surface area contributed by atoms with Gasteiger partial charge in [-0.05, 0) is 23.8 Å². The number of benzene rings is 1. The van der Waals surface area contributed by atoms with Gasteiger partial charge in [0.05, 0.1) is 36.1 Å². The van der Waals surface area contributed by atoms with Crippen LogP contribution in [0.15, 0.2) is 46.5 Å². The number of nitrogens with zero attached hydrogens (tertiary/aromatic N) is 4. The third-order valence-corrected chi connectivity index (χ3v) is 9.08. The topological polar surface area (TPSA) is 116 Å². The summed E-state index contributed by atoms with van der Waals surface area (Å²) >= 11 is 1.71. The molecule has 1 amide bonds. The summed E-state index contributed by atoms with van der Waals surface area (Å²) in [5.74, 6) is 0.645. The number of rotatable bonds is 7. The lowest BCUT2D eigenvalue weighted by atomic mass is 10.1. The fraction of sp³-hybridized carbons (Fsp3) is 0.409. The van der Waals surface area contributed by atoms with Gasteiger partial charge in [-0.1, -0.05) is 6.07 Å². The Morgan fingerprint density at radius 3 is 2.88 bits per heavy atom. The molecule has 4 heterocycles. The molecule has 1 aromatic carbocycles. The van der Waals surface area contributed by atoms with Crippen molar-refractivity contribution in [2.45, 2.75) is 29.2 Å². The number of thioether (sulfide) groups is 1. The SMILES string of the molecule is COc1cc2c(c(N(C)S(=O)(=O)c3ccccn3)c1)NC(C1=NCC(CN3CCC(=O)N3)S1)C2. The number of aromatic nitrogens is 1. The van der Waals surface area contributed by atoms with Crippen LogP contribution >= 0.6 is 11.8 Å². The third kappa shape index (κ3) is 4.32. The molecule has 1 fully saturated rings. The van der Waals surface area contributed by atoms with Crippen LogP contribution in [0.4, 0.5) is 11.4 Å². The van der Waals surface area contributed by atoms with E-state index < -0.39 is 10.0 Å². The average molecular weight is 503 g/mol. The number of fused-ring (bicyclic) bond motifs is 1. The van der Waals surface area contributed by atoms with E-state index >= 15 is 0 Å². The molecule has 10 nitrogen and oxygen atoms in total. The number of hydrazine groups is 1. The molecule has 0 radical (unpaired) electrons. The highest BCUT2D eigenvalue weighted by Gasteiger charge is 2.35. The van der Waals surface area contributed by atoms with Crippen molar-refractivity contribution in [2.24, 2.45) is 4.99 Å². The highest BCUT2D eigenvalue weighted by Crippen LogP contribution is 2.42. The van der Waals surface area contributed by atoms with E-state index in [1.54, 1.807) is 37.1 Å². The van der Waals surface area contributed by atoms with Gasteiger partial charge in [0.2, 0.25) is 5.91 Å². The van der Waals surface area contributed by atoms with E-state index in [9.17, 15) is 13.2 Å². The summed E-state index contributed by atoms with van der Waals surface area (Å²) in [4.78, 5) is 20.3. The number of anilines is 2. The zero-order chi connectivity index (χ0) is 23.9. The maximum Gasteiger partial charge on any atom is 0.281 e. The second-order valence-corrected chi connectivity index (χ2v) is 11.6. The van der Waals surface area contributed by atoms with Crippen LogP contribution in [-0.4, -0.2) is 74.4 Å². The van der Waals surface area contributed by atoms with Crippen LogP contribution in [-0.2, 0) is 21.2 Å². The largest absolute Gasteiger partial charge is 0.497 e. The highest BCUT2D eigenvalue weighted by molar-refractivity contribution is 8.15. The van der Waals surface area contributed by atoms with Crippen molar-refractivity contribution in [3.63, 3.8) is 0 Å². The molecule has 2 unspecified atom stereocenters. The zero-order valence-corrected chi connectivity index (χ0v) is 20.5. The summed E-state index contributed by atoms with van der Waals surface area (Å²) < 4.78 is 33.2. The van der Waals surface area contributed by atoms with Crippen molar-refractivity contribution < 1.29 is 17.9 Å². The molecule has 34 heavy (non-hydrogen) atoms. The number of carbonyl (C=O) groups is 1. The van der Waals surface area contributed by atoms with Crippen LogP contribution in [0.1, 0.15) is 12.0 Å². The molecular formula is C22H26N6O4S2. The van der Waals surface area contributed by atoms with Crippen molar-refractivity contribution in [3.8, 4) is 5.75 Å². The van der Waals surface area contributed by atoms with E-state index in [1.165, 1.54) is 23.6 Å². The van der Waals surface area contributed by atoms with Gasteiger partial charge in [-0.25, -0.2) is 9.99 Å². The summed E-state index contributed by atoms with van der Waals surface area (Å²) in [6, 6.07) is 8.42. The molecule has 0 spiro atoms. The van der Waals surface area contributed by atoms with E-state index in [-0.39, 0.29) is 22.2 Å². The first-order valence-corrected chi connectivity index (χ1v) is 13.3. The number of aliphatic imine (C=N–C) groups is 1. The Bertz CT molecular complexity index is 1240. The minimum Gasteiger partial charge on any atom is -0.497 e.